The van der Waals surface area contributed by atoms with Gasteiger partial charge in [0.25, 0.3) is 5.91 Å². The first-order valence-electron chi connectivity index (χ1n) is 14.2. The first-order chi connectivity index (χ1) is 19.7. The Morgan fingerprint density at radius 1 is 1.00 bits per heavy atom. The number of amides is 3. The lowest BCUT2D eigenvalue weighted by atomic mass is 9.65. The van der Waals surface area contributed by atoms with Crippen molar-refractivity contribution < 1.29 is 37.4 Å². The molecule has 1 aliphatic carbocycles. The maximum Gasteiger partial charge on any atom is 0.573 e. The Morgan fingerprint density at radius 3 is 2.17 bits per heavy atom. The third kappa shape index (κ3) is 7.54. The number of carbonyl (C=O) groups is 3. The van der Waals surface area contributed by atoms with Crippen molar-refractivity contribution in [3.63, 3.8) is 0 Å². The van der Waals surface area contributed by atoms with Gasteiger partial charge in [0.15, 0.2) is 0 Å². The zero-order valence-corrected chi connectivity index (χ0v) is 24.2. The van der Waals surface area contributed by atoms with Crippen LogP contribution in [0.25, 0.3) is 0 Å². The largest absolute Gasteiger partial charge is 0.573 e. The van der Waals surface area contributed by atoms with Crippen molar-refractivity contribution in [3.05, 3.63) is 59.7 Å². The topological polar surface area (TPSA) is 99.2 Å². The van der Waals surface area contributed by atoms with Crippen LogP contribution in [0, 0.1) is 11.3 Å². The molecule has 1 saturated carbocycles. The van der Waals surface area contributed by atoms with E-state index in [1.165, 1.54) is 24.3 Å². The van der Waals surface area contributed by atoms with E-state index in [0.29, 0.717) is 30.3 Å². The van der Waals surface area contributed by atoms with Gasteiger partial charge in [-0.1, -0.05) is 32.9 Å². The summed E-state index contributed by atoms with van der Waals surface area (Å²) in [5.74, 6) is -1.19. The highest BCUT2D eigenvalue weighted by Gasteiger charge is 2.48. The molecule has 1 spiro atoms. The summed E-state index contributed by atoms with van der Waals surface area (Å²) in [4.78, 5) is 40.7. The van der Waals surface area contributed by atoms with Gasteiger partial charge in [0.2, 0.25) is 0 Å². The minimum Gasteiger partial charge on any atom is -0.481 e. The Bertz CT molecular complexity index is 1260. The number of aliphatic carboxylic acids is 1. The van der Waals surface area contributed by atoms with E-state index in [2.05, 4.69) is 30.8 Å². The van der Waals surface area contributed by atoms with Crippen LogP contribution in [0.15, 0.2) is 48.5 Å². The van der Waals surface area contributed by atoms with Gasteiger partial charge in [0.05, 0.1) is 6.42 Å². The Balaban J connectivity index is 1.54. The number of benzene rings is 2. The van der Waals surface area contributed by atoms with E-state index >= 15 is 0 Å². The summed E-state index contributed by atoms with van der Waals surface area (Å²) in [7, 11) is 0. The average molecular weight is 590 g/mol. The van der Waals surface area contributed by atoms with E-state index < -0.39 is 12.3 Å². The van der Waals surface area contributed by atoms with E-state index in [0.717, 1.165) is 37.7 Å². The van der Waals surface area contributed by atoms with E-state index in [9.17, 15) is 27.6 Å². The number of ether oxygens (including phenoxy) is 1. The zero-order chi connectivity index (χ0) is 30.7. The lowest BCUT2D eigenvalue weighted by Gasteiger charge is -2.54. The van der Waals surface area contributed by atoms with Crippen LogP contribution in [0.4, 0.5) is 23.7 Å². The number of hydrogen-bond acceptors (Lipinski definition) is 4. The molecule has 0 radical (unpaired) electrons. The Morgan fingerprint density at radius 2 is 1.62 bits per heavy atom. The second kappa shape index (κ2) is 12.2. The molecular weight excluding hydrogens is 551 g/mol. The fourth-order valence-electron chi connectivity index (χ4n) is 6.07. The number of carboxylic acids is 1. The third-order valence-electron chi connectivity index (χ3n) is 8.54. The van der Waals surface area contributed by atoms with Crippen molar-refractivity contribution in [3.8, 4) is 5.75 Å². The number of alkyl halides is 3. The molecule has 228 valence electrons. The van der Waals surface area contributed by atoms with Crippen LogP contribution < -0.4 is 15.0 Å². The molecule has 0 aromatic heterocycles. The summed E-state index contributed by atoms with van der Waals surface area (Å²) >= 11 is 0. The maximum atomic E-state index is 14.1. The molecule has 11 heteroatoms. The highest BCUT2D eigenvalue weighted by molar-refractivity contribution is 5.95. The summed E-state index contributed by atoms with van der Waals surface area (Å²) in [6.45, 7) is 7.51. The van der Waals surface area contributed by atoms with E-state index in [4.69, 9.17) is 5.11 Å². The van der Waals surface area contributed by atoms with Crippen LogP contribution in [-0.2, 0) is 11.3 Å². The normalized spacial score (nSPS) is 21.4. The Kier molecular flexibility index (Phi) is 9.08. The second-order valence-corrected chi connectivity index (χ2v) is 12.3. The van der Waals surface area contributed by atoms with Crippen molar-refractivity contribution in [1.29, 1.82) is 0 Å². The number of rotatable bonds is 8. The molecular formula is C31H38F3N3O5. The van der Waals surface area contributed by atoms with Crippen molar-refractivity contribution >= 4 is 23.6 Å². The molecule has 2 N–H and O–H groups in total. The van der Waals surface area contributed by atoms with Crippen LogP contribution >= 0.6 is 0 Å². The van der Waals surface area contributed by atoms with Crippen molar-refractivity contribution in [1.82, 2.24) is 10.2 Å². The number of nitrogens with one attached hydrogen (secondary N) is 1. The van der Waals surface area contributed by atoms with Gasteiger partial charge in [0, 0.05) is 36.4 Å². The standard InChI is InChI=1S/C31H38F3N3O5/c1-29(2,3)23-12-15-30(16-13-23)17-19-36(24-8-10-25(11-9-24)42-31(32,33)34)28(41)37(30)20-21-4-6-22(7-5-21)27(40)35-18-14-26(38)39/h4-11,23H,12-20H2,1-3H3,(H,35,40)(H,38,39). The molecule has 0 atom stereocenters. The quantitative estimate of drug-likeness (QED) is 0.362. The van der Waals surface area contributed by atoms with Crippen LogP contribution in [-0.4, -0.2) is 52.9 Å². The van der Waals surface area contributed by atoms with E-state index in [1.54, 1.807) is 29.2 Å². The van der Waals surface area contributed by atoms with Crippen molar-refractivity contribution in [2.45, 2.75) is 77.7 Å². The van der Waals surface area contributed by atoms with Crippen LogP contribution in [0.3, 0.4) is 0 Å². The Labute approximate surface area is 243 Å². The minimum absolute atomic E-state index is 0.0232. The number of hydrogen-bond donors (Lipinski definition) is 2. The summed E-state index contributed by atoms with van der Waals surface area (Å²) in [6.07, 6.45) is -0.549. The van der Waals surface area contributed by atoms with Crippen LogP contribution in [0.5, 0.6) is 5.75 Å². The molecule has 1 saturated heterocycles. The molecule has 1 aliphatic heterocycles. The van der Waals surface area contributed by atoms with Crippen LogP contribution in [0.1, 0.15) is 75.2 Å². The lowest BCUT2D eigenvalue weighted by molar-refractivity contribution is -0.274. The van der Waals surface area contributed by atoms with Crippen LogP contribution in [0.2, 0.25) is 0 Å². The molecule has 2 aromatic rings. The molecule has 8 nitrogen and oxygen atoms in total. The summed E-state index contributed by atoms with van der Waals surface area (Å²) in [6, 6.07) is 12.0. The lowest BCUT2D eigenvalue weighted by Crippen LogP contribution is -2.63. The molecule has 42 heavy (non-hydrogen) atoms. The summed E-state index contributed by atoms with van der Waals surface area (Å²) < 4.78 is 41.9. The zero-order valence-electron chi connectivity index (χ0n) is 24.2. The first kappa shape index (κ1) is 31.2. The van der Waals surface area contributed by atoms with E-state index in [-0.39, 0.29) is 41.6 Å². The molecule has 3 amide bonds. The predicted octanol–water partition coefficient (Wildman–Crippen LogP) is 6.60. The summed E-state index contributed by atoms with van der Waals surface area (Å²) in [5, 5.41) is 11.4. The van der Waals surface area contributed by atoms with Crippen molar-refractivity contribution in [2.24, 2.45) is 11.3 Å². The monoisotopic (exact) mass is 589 g/mol. The van der Waals surface area contributed by atoms with Gasteiger partial charge in [-0.05, 0) is 85.4 Å². The van der Waals surface area contributed by atoms with Gasteiger partial charge >= 0.3 is 18.4 Å². The van der Waals surface area contributed by atoms with Crippen molar-refractivity contribution in [2.75, 3.05) is 18.0 Å². The number of carbonyl (C=O) groups excluding carboxylic acids is 2. The fourth-order valence-corrected chi connectivity index (χ4v) is 6.07. The number of carboxylic acid groups (broad SMARTS) is 1. The smallest absolute Gasteiger partial charge is 0.481 e. The van der Waals surface area contributed by atoms with E-state index in [1.807, 2.05) is 4.90 Å². The average Bonchev–Trinajstić information content (AvgIpc) is 2.91. The highest BCUT2D eigenvalue weighted by atomic mass is 19.4. The molecule has 0 unspecified atom stereocenters. The first-order valence-corrected chi connectivity index (χ1v) is 14.2. The number of anilines is 1. The number of halogens is 3. The van der Waals surface area contributed by atoms with Gasteiger partial charge in [0.1, 0.15) is 5.75 Å². The number of nitrogens with zero attached hydrogens (tertiary/aromatic N) is 2. The fraction of sp³-hybridized carbons (Fsp3) is 0.516. The van der Waals surface area contributed by atoms with Gasteiger partial charge in [-0.15, -0.1) is 13.2 Å². The van der Waals surface area contributed by atoms with Gasteiger partial charge < -0.3 is 20.1 Å². The molecule has 4 rings (SSSR count). The molecule has 2 aliphatic rings. The minimum atomic E-state index is -4.80. The third-order valence-corrected chi connectivity index (χ3v) is 8.54. The molecule has 0 bridgehead atoms. The highest BCUT2D eigenvalue weighted by Crippen LogP contribution is 2.47. The summed E-state index contributed by atoms with van der Waals surface area (Å²) in [5.41, 5.74) is 1.53. The van der Waals surface area contributed by atoms with Gasteiger partial charge in [-0.25, -0.2) is 4.79 Å². The predicted molar refractivity (Wildman–Crippen MR) is 151 cm³/mol. The van der Waals surface area contributed by atoms with Gasteiger partial charge in [-0.2, -0.15) is 0 Å². The maximum absolute atomic E-state index is 14.1. The molecule has 2 fully saturated rings. The second-order valence-electron chi connectivity index (χ2n) is 12.3. The van der Waals surface area contributed by atoms with Gasteiger partial charge in [-0.3, -0.25) is 14.5 Å². The SMILES string of the molecule is CC(C)(C)C1CCC2(CC1)CCN(c1ccc(OC(F)(F)F)cc1)C(=O)N2Cc1ccc(C(=O)NCCC(=O)O)cc1. The Hall–Kier alpha value is -3.76. The molecule has 2 aromatic carbocycles. The number of urea groups is 1. The molecule has 1 heterocycles.